The van der Waals surface area contributed by atoms with Gasteiger partial charge in [-0.05, 0) is 101 Å². The molecule has 0 atom stereocenters. The number of hydrogen-bond acceptors (Lipinski definition) is 2. The van der Waals surface area contributed by atoms with E-state index in [-0.39, 0.29) is 0 Å². The Morgan fingerprint density at radius 1 is 0.707 bits per heavy atom. The normalized spacial score (nSPS) is 13.1. The van der Waals surface area contributed by atoms with Crippen LogP contribution in [0.2, 0.25) is 6.82 Å². The third-order valence-electron chi connectivity index (χ3n) is 11.7. The van der Waals surface area contributed by atoms with Gasteiger partial charge in [-0.1, -0.05) is 152 Å². The lowest BCUT2D eigenvalue weighted by Gasteiger charge is -2.29. The zero-order valence-corrected chi connectivity index (χ0v) is 33.7. The highest BCUT2D eigenvalue weighted by atomic mass is 32.1. The summed E-state index contributed by atoms with van der Waals surface area (Å²) in [7, 11) is 0.878. The van der Waals surface area contributed by atoms with Gasteiger partial charge in [0.25, 0.3) is 0 Å². The van der Waals surface area contributed by atoms with E-state index in [4.69, 9.17) is 6.58 Å². The fourth-order valence-electron chi connectivity index (χ4n) is 8.84. The minimum atomic E-state index is 0.878. The molecule has 1 aliphatic carbocycles. The lowest BCUT2D eigenvalue weighted by atomic mass is 9.71. The van der Waals surface area contributed by atoms with E-state index >= 15 is 0 Å². The van der Waals surface area contributed by atoms with E-state index in [1.165, 1.54) is 69.8 Å². The SMILES string of the molecule is C=C(/C=C(\c1c(C)sc2ccccc12)c1cccc2c1[nH]c1cc3ccccc3cc12)N(c1ccc(C2=CCCC=C2)cc1)c1ccc(-c2ccccc2)cc1BC. The number of hydrogen-bond donors (Lipinski definition) is 1. The summed E-state index contributed by atoms with van der Waals surface area (Å²) in [6, 6.07) is 55.4. The van der Waals surface area contributed by atoms with Crippen molar-refractivity contribution in [2.45, 2.75) is 26.6 Å². The summed E-state index contributed by atoms with van der Waals surface area (Å²) in [5.74, 6) is 0. The molecule has 0 fully saturated rings. The Bertz CT molecular complexity index is 3120. The van der Waals surface area contributed by atoms with Crippen molar-refractivity contribution in [2.24, 2.45) is 0 Å². The summed E-state index contributed by atoms with van der Waals surface area (Å²) in [6.45, 7) is 9.45. The third-order valence-corrected chi connectivity index (χ3v) is 12.8. The second-order valence-electron chi connectivity index (χ2n) is 15.3. The Morgan fingerprint density at radius 3 is 2.24 bits per heavy atom. The number of allylic oxidation sites excluding steroid dienone is 5. The molecule has 0 saturated heterocycles. The molecular weight excluding hydrogens is 719 g/mol. The standard InChI is InChI=1S/C54H43BN2S/c1-35(57(43-28-25-39(26-29-43)37-15-6-4-7-16-37)51-30-27-42(33-49(51)55-3)38-17-8-5-9-18-38)31-48(53-36(2)58-52-24-13-12-21-46(52)53)45-23-14-22-44-47-32-40-19-10-11-20-41(40)34-50(47)56-54(44)45/h5-6,8-34,55-56H,1,4,7H2,2-3H3/b48-31-. The summed E-state index contributed by atoms with van der Waals surface area (Å²) < 4.78 is 1.28. The minimum absolute atomic E-state index is 0.878. The first-order valence-corrected chi connectivity index (χ1v) is 21.1. The molecule has 0 spiro atoms. The zero-order valence-electron chi connectivity index (χ0n) is 32.9. The molecule has 0 radical (unpaired) electrons. The predicted octanol–water partition coefficient (Wildman–Crippen LogP) is 14.3. The molecule has 0 aliphatic heterocycles. The molecule has 0 saturated carbocycles. The van der Waals surface area contributed by atoms with Crippen LogP contribution in [0.5, 0.6) is 0 Å². The van der Waals surface area contributed by atoms with Gasteiger partial charge >= 0.3 is 0 Å². The van der Waals surface area contributed by atoms with Gasteiger partial charge in [-0.3, -0.25) is 0 Å². The Labute approximate surface area is 345 Å². The molecule has 9 aromatic rings. The maximum absolute atomic E-state index is 4.94. The quantitative estimate of drug-likeness (QED) is 0.115. The van der Waals surface area contributed by atoms with Crippen LogP contribution >= 0.6 is 11.3 Å². The highest BCUT2D eigenvalue weighted by Gasteiger charge is 2.22. The molecule has 7 aromatic carbocycles. The number of aryl methyl sites for hydroxylation is 1. The second-order valence-corrected chi connectivity index (χ2v) is 16.5. The number of benzene rings is 7. The smallest absolute Gasteiger partial charge is 0.157 e. The van der Waals surface area contributed by atoms with E-state index in [1.807, 2.05) is 11.3 Å². The summed E-state index contributed by atoms with van der Waals surface area (Å²) in [5.41, 5.74) is 15.2. The van der Waals surface area contributed by atoms with Crippen LogP contribution in [0.3, 0.4) is 0 Å². The van der Waals surface area contributed by atoms with Gasteiger partial charge in [0.2, 0.25) is 0 Å². The zero-order chi connectivity index (χ0) is 39.2. The van der Waals surface area contributed by atoms with E-state index in [1.54, 1.807) is 0 Å². The number of H-pyrrole nitrogens is 1. The first-order chi connectivity index (χ1) is 28.5. The first kappa shape index (κ1) is 35.8. The number of aromatic nitrogens is 1. The van der Waals surface area contributed by atoms with E-state index < -0.39 is 0 Å². The van der Waals surface area contributed by atoms with Gasteiger partial charge in [-0.15, -0.1) is 11.3 Å². The minimum Gasteiger partial charge on any atom is -0.354 e. The van der Waals surface area contributed by atoms with Crippen molar-refractivity contribution in [1.29, 1.82) is 0 Å². The average Bonchev–Trinajstić information content (AvgIpc) is 3.81. The molecule has 4 heteroatoms. The van der Waals surface area contributed by atoms with Crippen LogP contribution < -0.4 is 10.4 Å². The van der Waals surface area contributed by atoms with Gasteiger partial charge in [-0.2, -0.15) is 0 Å². The van der Waals surface area contributed by atoms with Gasteiger partial charge in [0.1, 0.15) is 0 Å². The van der Waals surface area contributed by atoms with Crippen LogP contribution in [0.25, 0.3) is 64.9 Å². The number of rotatable bonds is 9. The second kappa shape index (κ2) is 15.0. The average molecular weight is 763 g/mol. The number of nitrogens with zero attached hydrogens (tertiary/aromatic N) is 1. The van der Waals surface area contributed by atoms with Crippen molar-refractivity contribution in [3.8, 4) is 11.1 Å². The van der Waals surface area contributed by atoms with Crippen molar-refractivity contribution in [2.75, 3.05) is 4.90 Å². The lowest BCUT2D eigenvalue weighted by molar-refractivity contribution is 1.04. The monoisotopic (exact) mass is 762 g/mol. The molecule has 10 rings (SSSR count). The van der Waals surface area contributed by atoms with Crippen LogP contribution in [-0.2, 0) is 0 Å². The molecule has 0 unspecified atom stereocenters. The van der Waals surface area contributed by atoms with E-state index in [2.05, 4.69) is 200 Å². The van der Waals surface area contributed by atoms with Crippen LogP contribution in [0.1, 0.15) is 34.4 Å². The van der Waals surface area contributed by atoms with Gasteiger partial charge in [0.15, 0.2) is 7.28 Å². The number of fused-ring (bicyclic) bond motifs is 5. The maximum atomic E-state index is 4.94. The number of thiophene rings is 1. The summed E-state index contributed by atoms with van der Waals surface area (Å²) >= 11 is 1.86. The van der Waals surface area contributed by atoms with Crippen molar-refractivity contribution in [1.82, 2.24) is 4.98 Å². The Balaban J connectivity index is 1.19. The Kier molecular flexibility index (Phi) is 9.28. The molecule has 2 nitrogen and oxygen atoms in total. The van der Waals surface area contributed by atoms with Crippen molar-refractivity contribution in [3.05, 3.63) is 210 Å². The molecule has 2 aromatic heterocycles. The van der Waals surface area contributed by atoms with E-state index in [0.29, 0.717) is 0 Å². The van der Waals surface area contributed by atoms with Crippen molar-refractivity contribution >= 4 is 89.3 Å². The fourth-order valence-corrected chi connectivity index (χ4v) is 9.92. The summed E-state index contributed by atoms with van der Waals surface area (Å²) in [4.78, 5) is 7.55. The van der Waals surface area contributed by atoms with Crippen LogP contribution in [0.4, 0.5) is 11.4 Å². The molecule has 1 aliphatic rings. The van der Waals surface area contributed by atoms with Crippen molar-refractivity contribution in [3.63, 3.8) is 0 Å². The van der Waals surface area contributed by atoms with Crippen LogP contribution in [0.15, 0.2) is 188 Å². The van der Waals surface area contributed by atoms with Crippen LogP contribution in [-0.4, -0.2) is 12.3 Å². The fraction of sp³-hybridized carbons (Fsp3) is 0.0741. The highest BCUT2D eigenvalue weighted by molar-refractivity contribution is 7.19. The number of para-hydroxylation sites is 1. The number of aromatic amines is 1. The van der Waals surface area contributed by atoms with Gasteiger partial charge < -0.3 is 9.88 Å². The number of nitrogens with one attached hydrogen (secondary N) is 1. The highest BCUT2D eigenvalue weighted by Crippen LogP contribution is 2.43. The van der Waals surface area contributed by atoms with Gasteiger partial charge in [-0.25, -0.2) is 0 Å². The molecule has 2 heterocycles. The Hall–Kier alpha value is -6.62. The third kappa shape index (κ3) is 6.40. The first-order valence-electron chi connectivity index (χ1n) is 20.3. The number of anilines is 2. The van der Waals surface area contributed by atoms with Crippen LogP contribution in [0, 0.1) is 6.92 Å². The molecule has 0 bridgehead atoms. The summed E-state index contributed by atoms with van der Waals surface area (Å²) in [6.07, 6.45) is 11.4. The topological polar surface area (TPSA) is 19.0 Å². The molecular formula is C54H43BN2S. The largest absolute Gasteiger partial charge is 0.354 e. The lowest BCUT2D eigenvalue weighted by Crippen LogP contribution is -2.25. The van der Waals surface area contributed by atoms with E-state index in [9.17, 15) is 0 Å². The Morgan fingerprint density at radius 2 is 1.45 bits per heavy atom. The predicted molar refractivity (Wildman–Crippen MR) is 256 cm³/mol. The molecule has 0 amide bonds. The molecule has 58 heavy (non-hydrogen) atoms. The van der Waals surface area contributed by atoms with Gasteiger partial charge in [0, 0.05) is 59.5 Å². The molecule has 278 valence electrons. The molecule has 1 N–H and O–H groups in total. The van der Waals surface area contributed by atoms with E-state index in [0.717, 1.165) is 59.4 Å². The van der Waals surface area contributed by atoms with Crippen molar-refractivity contribution < 1.29 is 0 Å². The maximum Gasteiger partial charge on any atom is 0.157 e. The van der Waals surface area contributed by atoms with Gasteiger partial charge in [0.05, 0.1) is 5.52 Å². The summed E-state index contributed by atoms with van der Waals surface area (Å²) in [5, 5.41) is 6.18.